The second-order valence-electron chi connectivity index (χ2n) is 4.17. The van der Waals surface area contributed by atoms with Crippen molar-refractivity contribution in [3.05, 3.63) is 0 Å². The van der Waals surface area contributed by atoms with E-state index in [4.69, 9.17) is 25.5 Å². The van der Waals surface area contributed by atoms with Crippen molar-refractivity contribution in [2.24, 2.45) is 0 Å². The highest BCUT2D eigenvalue weighted by molar-refractivity contribution is 5.72. The molecule has 4 atom stereocenters. The Morgan fingerprint density at radius 1 is 0.900 bits per heavy atom. The fourth-order valence-electron chi connectivity index (χ4n) is 0.618. The van der Waals surface area contributed by atoms with Gasteiger partial charge in [0.1, 0.15) is 36.0 Å². The third-order valence-electron chi connectivity index (χ3n) is 1.42. The maximum atomic E-state index is 9.90. The van der Waals surface area contributed by atoms with E-state index in [-0.39, 0.29) is 17.9 Å². The Morgan fingerprint density at radius 3 is 1.40 bits per heavy atom. The SMILES string of the molecule is CC(C)=O.CC(C)=O.O=C[C@H](O)[C@@H](O)[C@H](O)[C@H](O)CO. The number of rotatable bonds is 5. The minimum Gasteiger partial charge on any atom is -0.394 e. The van der Waals surface area contributed by atoms with E-state index >= 15 is 0 Å². The van der Waals surface area contributed by atoms with Crippen LogP contribution in [-0.4, -0.2) is 74.4 Å². The van der Waals surface area contributed by atoms with E-state index in [1.807, 2.05) is 0 Å². The minimum absolute atomic E-state index is 0.0258. The summed E-state index contributed by atoms with van der Waals surface area (Å²) in [6, 6.07) is 0. The monoisotopic (exact) mass is 296 g/mol. The third-order valence-corrected chi connectivity index (χ3v) is 1.42. The molecule has 0 aliphatic carbocycles. The molecule has 8 heteroatoms. The molecule has 0 fully saturated rings. The Hall–Kier alpha value is -1.19. The van der Waals surface area contributed by atoms with Crippen molar-refractivity contribution in [3.8, 4) is 0 Å². The van der Waals surface area contributed by atoms with Gasteiger partial charge in [-0.1, -0.05) is 0 Å². The van der Waals surface area contributed by atoms with Crippen LogP contribution in [-0.2, 0) is 14.4 Å². The standard InChI is InChI=1S/C6H12O6.2C3H6O/c7-1-3(9)5(11)6(12)4(10)2-8;2*1-3(2)4/h1,3-6,8-12H,2H2;2*1-2H3/t3-,4+,5+,6+;;/m0../s1. The molecule has 0 spiro atoms. The van der Waals surface area contributed by atoms with Crippen LogP contribution in [0.4, 0.5) is 0 Å². The second-order valence-corrected chi connectivity index (χ2v) is 4.17. The first-order valence-corrected chi connectivity index (χ1v) is 5.73. The van der Waals surface area contributed by atoms with Crippen LogP contribution in [0.1, 0.15) is 27.7 Å². The van der Waals surface area contributed by atoms with Gasteiger partial charge in [-0.05, 0) is 27.7 Å². The third kappa shape index (κ3) is 19.2. The topological polar surface area (TPSA) is 152 Å². The van der Waals surface area contributed by atoms with Gasteiger partial charge in [-0.2, -0.15) is 0 Å². The van der Waals surface area contributed by atoms with Crippen molar-refractivity contribution in [1.82, 2.24) is 0 Å². The van der Waals surface area contributed by atoms with Crippen LogP contribution < -0.4 is 0 Å². The van der Waals surface area contributed by atoms with Gasteiger partial charge < -0.3 is 39.9 Å². The van der Waals surface area contributed by atoms with Gasteiger partial charge in [-0.25, -0.2) is 0 Å². The highest BCUT2D eigenvalue weighted by Gasteiger charge is 2.29. The molecule has 8 nitrogen and oxygen atoms in total. The summed E-state index contributed by atoms with van der Waals surface area (Å²) in [5.74, 6) is 0.333. The van der Waals surface area contributed by atoms with Crippen LogP contribution in [0, 0.1) is 0 Å². The van der Waals surface area contributed by atoms with Gasteiger partial charge in [0, 0.05) is 0 Å². The smallest absolute Gasteiger partial charge is 0.151 e. The molecule has 0 saturated carbocycles. The van der Waals surface area contributed by atoms with Crippen molar-refractivity contribution in [2.75, 3.05) is 6.61 Å². The first kappa shape index (κ1) is 23.9. The molecule has 0 aromatic carbocycles. The fourth-order valence-corrected chi connectivity index (χ4v) is 0.618. The molecule has 0 rings (SSSR count). The lowest BCUT2D eigenvalue weighted by Gasteiger charge is -2.22. The average molecular weight is 296 g/mol. The van der Waals surface area contributed by atoms with Gasteiger partial charge in [0.15, 0.2) is 6.29 Å². The van der Waals surface area contributed by atoms with Gasteiger partial charge in [0.05, 0.1) is 6.61 Å². The highest BCUT2D eigenvalue weighted by Crippen LogP contribution is 2.02. The zero-order valence-electron chi connectivity index (χ0n) is 12.1. The summed E-state index contributed by atoms with van der Waals surface area (Å²) in [6.45, 7) is 5.35. The summed E-state index contributed by atoms with van der Waals surface area (Å²) in [6.07, 6.45) is -6.84. The fraction of sp³-hybridized carbons (Fsp3) is 0.750. The number of carbonyl (C=O) groups excluding carboxylic acids is 3. The molecule has 0 bridgehead atoms. The molecule has 0 aliphatic rings. The molecule has 0 aliphatic heterocycles. The Labute approximate surface area is 117 Å². The molecule has 0 aromatic heterocycles. The summed E-state index contributed by atoms with van der Waals surface area (Å²) in [5.41, 5.74) is 0. The Morgan fingerprint density at radius 2 is 1.20 bits per heavy atom. The van der Waals surface area contributed by atoms with Crippen LogP contribution in [0.25, 0.3) is 0 Å². The number of Topliss-reactive ketones (excluding diaryl/α,β-unsaturated/α-hetero) is 2. The lowest BCUT2D eigenvalue weighted by Crippen LogP contribution is -2.46. The van der Waals surface area contributed by atoms with E-state index in [2.05, 4.69) is 0 Å². The van der Waals surface area contributed by atoms with Gasteiger partial charge in [-0.15, -0.1) is 0 Å². The molecule has 0 saturated heterocycles. The molecule has 0 amide bonds. The van der Waals surface area contributed by atoms with E-state index in [1.54, 1.807) is 0 Å². The largest absolute Gasteiger partial charge is 0.394 e. The van der Waals surface area contributed by atoms with Crippen molar-refractivity contribution in [1.29, 1.82) is 0 Å². The molecule has 20 heavy (non-hydrogen) atoms. The summed E-state index contributed by atoms with van der Waals surface area (Å²) in [7, 11) is 0. The number of ketones is 2. The van der Waals surface area contributed by atoms with E-state index in [9.17, 15) is 14.4 Å². The zero-order chi connectivity index (χ0) is 16.9. The van der Waals surface area contributed by atoms with Crippen molar-refractivity contribution in [3.63, 3.8) is 0 Å². The van der Waals surface area contributed by atoms with Gasteiger partial charge in [0.25, 0.3) is 0 Å². The number of aliphatic hydroxyl groups excluding tert-OH is 5. The highest BCUT2D eigenvalue weighted by atomic mass is 16.4. The molecule has 0 unspecified atom stereocenters. The number of hydrogen-bond donors (Lipinski definition) is 5. The van der Waals surface area contributed by atoms with E-state index in [0.29, 0.717) is 0 Å². The van der Waals surface area contributed by atoms with Crippen molar-refractivity contribution in [2.45, 2.75) is 52.1 Å². The molecule has 0 heterocycles. The lowest BCUT2D eigenvalue weighted by atomic mass is 10.0. The normalized spacial score (nSPS) is 15.2. The summed E-state index contributed by atoms with van der Waals surface area (Å²) in [5, 5.41) is 43.5. The first-order chi connectivity index (χ1) is 9.00. The molecule has 120 valence electrons. The Balaban J connectivity index is -0.000000297. The van der Waals surface area contributed by atoms with E-state index < -0.39 is 31.0 Å². The molecular formula is C12H24O8. The summed E-state index contributed by atoms with van der Waals surface area (Å²) < 4.78 is 0. The number of aldehydes is 1. The van der Waals surface area contributed by atoms with Gasteiger partial charge in [-0.3, -0.25) is 0 Å². The first-order valence-electron chi connectivity index (χ1n) is 5.73. The van der Waals surface area contributed by atoms with Crippen molar-refractivity contribution < 1.29 is 39.9 Å². The van der Waals surface area contributed by atoms with Crippen LogP contribution in [0.5, 0.6) is 0 Å². The predicted molar refractivity (Wildman–Crippen MR) is 69.9 cm³/mol. The van der Waals surface area contributed by atoms with E-state index in [1.165, 1.54) is 27.7 Å². The van der Waals surface area contributed by atoms with Crippen LogP contribution in [0.3, 0.4) is 0 Å². The molecular weight excluding hydrogens is 272 g/mol. The Kier molecular flexibility index (Phi) is 17.0. The Bertz CT molecular complexity index is 259. The molecule has 0 radical (unpaired) electrons. The summed E-state index contributed by atoms with van der Waals surface area (Å²) in [4.78, 5) is 28.8. The maximum absolute atomic E-state index is 9.90. The van der Waals surface area contributed by atoms with Gasteiger partial charge in [0.2, 0.25) is 0 Å². The second kappa shape index (κ2) is 14.2. The maximum Gasteiger partial charge on any atom is 0.151 e. The zero-order valence-corrected chi connectivity index (χ0v) is 12.1. The van der Waals surface area contributed by atoms with E-state index in [0.717, 1.165) is 0 Å². The van der Waals surface area contributed by atoms with Crippen LogP contribution >= 0.6 is 0 Å². The van der Waals surface area contributed by atoms with Gasteiger partial charge >= 0.3 is 0 Å². The average Bonchev–Trinajstić information content (AvgIpc) is 2.33. The molecule has 0 aromatic rings. The minimum atomic E-state index is -1.79. The number of aliphatic hydroxyl groups is 5. The van der Waals surface area contributed by atoms with Crippen LogP contribution in [0.2, 0.25) is 0 Å². The molecule has 5 N–H and O–H groups in total. The predicted octanol–water partition coefficient (Wildman–Crippen LogP) is -2.19. The van der Waals surface area contributed by atoms with Crippen molar-refractivity contribution >= 4 is 17.9 Å². The number of carbonyl (C=O) groups is 3. The number of hydrogen-bond acceptors (Lipinski definition) is 8. The quantitative estimate of drug-likeness (QED) is 0.359. The van der Waals surface area contributed by atoms with Crippen LogP contribution in [0.15, 0.2) is 0 Å². The summed E-state index contributed by atoms with van der Waals surface area (Å²) >= 11 is 0. The lowest BCUT2D eigenvalue weighted by molar-refractivity contribution is -0.136.